The van der Waals surface area contributed by atoms with Gasteiger partial charge in [0, 0.05) is 23.8 Å². The minimum absolute atomic E-state index is 0.0702. The lowest BCUT2D eigenvalue weighted by atomic mass is 9.96. The van der Waals surface area contributed by atoms with Gasteiger partial charge in [-0.25, -0.2) is 0 Å². The molecule has 2 aliphatic heterocycles. The van der Waals surface area contributed by atoms with Crippen LogP contribution in [-0.4, -0.2) is 66.3 Å². The van der Waals surface area contributed by atoms with Gasteiger partial charge in [-0.1, -0.05) is 12.6 Å². The third-order valence-corrected chi connectivity index (χ3v) is 5.12. The lowest BCUT2D eigenvalue weighted by Gasteiger charge is -2.47. The average molecular weight is 359 g/mol. The van der Waals surface area contributed by atoms with Gasteiger partial charge in [0.1, 0.15) is 0 Å². The number of anilines is 1. The van der Waals surface area contributed by atoms with E-state index in [1.807, 2.05) is 0 Å². The summed E-state index contributed by atoms with van der Waals surface area (Å²) >= 11 is 0. The van der Waals surface area contributed by atoms with E-state index in [1.54, 1.807) is 24.3 Å². The first kappa shape index (κ1) is 18.6. The second kappa shape index (κ2) is 7.99. The number of ether oxygens (including phenoxy) is 1. The molecule has 0 radical (unpaired) electrons. The molecule has 26 heavy (non-hydrogen) atoms. The average Bonchev–Trinajstić information content (AvgIpc) is 3.16. The molecule has 2 heterocycles. The Morgan fingerprint density at radius 2 is 2.31 bits per heavy atom. The van der Waals surface area contributed by atoms with Gasteiger partial charge in [0.15, 0.2) is 0 Å². The summed E-state index contributed by atoms with van der Waals surface area (Å²) in [6, 6.07) is 7.01. The van der Waals surface area contributed by atoms with Crippen LogP contribution >= 0.6 is 0 Å². The van der Waals surface area contributed by atoms with E-state index in [2.05, 4.69) is 22.1 Å². The molecule has 1 aromatic carbocycles. The Hall–Kier alpha value is -2.22. The molecule has 1 aromatic rings. The number of hydrogen-bond donors (Lipinski definition) is 3. The van der Waals surface area contributed by atoms with Gasteiger partial charge in [0.2, 0.25) is 5.91 Å². The Morgan fingerprint density at radius 1 is 1.46 bits per heavy atom. The minimum atomic E-state index is -0.580. The first-order valence-electron chi connectivity index (χ1n) is 8.85. The van der Waals surface area contributed by atoms with Crippen LogP contribution in [0.2, 0.25) is 0 Å². The van der Waals surface area contributed by atoms with Crippen molar-refractivity contribution in [3.05, 3.63) is 42.5 Å². The van der Waals surface area contributed by atoms with Gasteiger partial charge in [-0.2, -0.15) is 0 Å². The fourth-order valence-corrected chi connectivity index (χ4v) is 3.72. The molecule has 2 aliphatic rings. The Balaban J connectivity index is 1.67. The fraction of sp³-hybridized carbons (Fsp3) is 0.474. The maximum atomic E-state index is 12.6. The number of nitrogens with zero attached hydrogens (tertiary/aromatic N) is 1. The van der Waals surface area contributed by atoms with Crippen LogP contribution in [0.15, 0.2) is 36.9 Å². The number of aliphatic hydroxyl groups is 1. The van der Waals surface area contributed by atoms with Crippen LogP contribution in [0.4, 0.5) is 5.69 Å². The summed E-state index contributed by atoms with van der Waals surface area (Å²) < 4.78 is 5.69. The highest BCUT2D eigenvalue weighted by Crippen LogP contribution is 2.31. The van der Waals surface area contributed by atoms with Crippen molar-refractivity contribution < 1.29 is 19.4 Å². The van der Waals surface area contributed by atoms with Crippen LogP contribution in [0.1, 0.15) is 23.2 Å². The second-order valence-corrected chi connectivity index (χ2v) is 6.84. The smallest absolute Gasteiger partial charge is 0.251 e. The molecule has 0 spiro atoms. The molecule has 2 amide bonds. The molecule has 2 atom stereocenters. The zero-order valence-electron chi connectivity index (χ0n) is 14.7. The number of benzene rings is 1. The van der Waals surface area contributed by atoms with E-state index in [0.717, 1.165) is 19.4 Å². The Labute approximate surface area is 153 Å². The molecule has 0 bridgehead atoms. The van der Waals surface area contributed by atoms with Crippen molar-refractivity contribution in [1.82, 2.24) is 10.2 Å². The van der Waals surface area contributed by atoms with E-state index in [1.165, 1.54) is 6.08 Å². The van der Waals surface area contributed by atoms with E-state index in [-0.39, 0.29) is 18.4 Å². The number of rotatable bonds is 6. The number of carbonyl (C=O) groups is 2. The largest absolute Gasteiger partial charge is 0.394 e. The molecule has 3 rings (SSSR count). The van der Waals surface area contributed by atoms with Crippen molar-refractivity contribution in [2.24, 2.45) is 0 Å². The van der Waals surface area contributed by atoms with Crippen LogP contribution in [-0.2, 0) is 9.53 Å². The number of amides is 2. The summed E-state index contributed by atoms with van der Waals surface area (Å²) in [5.41, 5.74) is 0.388. The lowest BCUT2D eigenvalue weighted by molar-refractivity contribution is -0.111. The molecule has 140 valence electrons. The predicted molar refractivity (Wildman–Crippen MR) is 98.0 cm³/mol. The van der Waals surface area contributed by atoms with Crippen LogP contribution in [0, 0.1) is 0 Å². The summed E-state index contributed by atoms with van der Waals surface area (Å²) in [6.07, 6.45) is 3.31. The number of carbonyl (C=O) groups excluding carboxylic acids is 2. The van der Waals surface area contributed by atoms with Gasteiger partial charge >= 0.3 is 0 Å². The van der Waals surface area contributed by atoms with Crippen molar-refractivity contribution in [1.29, 1.82) is 0 Å². The lowest BCUT2D eigenvalue weighted by Crippen LogP contribution is -2.65. The van der Waals surface area contributed by atoms with E-state index >= 15 is 0 Å². The van der Waals surface area contributed by atoms with E-state index in [4.69, 9.17) is 4.74 Å². The normalized spacial score (nSPS) is 25.3. The monoisotopic (exact) mass is 359 g/mol. The Bertz CT molecular complexity index is 693. The molecule has 0 aliphatic carbocycles. The molecule has 0 saturated carbocycles. The summed E-state index contributed by atoms with van der Waals surface area (Å²) in [5, 5.41) is 15.6. The number of nitrogens with one attached hydrogen (secondary N) is 2. The molecular weight excluding hydrogens is 334 g/mol. The quantitative estimate of drug-likeness (QED) is 0.653. The molecule has 0 aromatic heterocycles. The van der Waals surface area contributed by atoms with Crippen LogP contribution in [0.25, 0.3) is 0 Å². The first-order chi connectivity index (χ1) is 12.6. The van der Waals surface area contributed by atoms with Crippen molar-refractivity contribution in [3.8, 4) is 0 Å². The topological polar surface area (TPSA) is 90.9 Å². The van der Waals surface area contributed by atoms with Gasteiger partial charge in [-0.15, -0.1) is 0 Å². The SMILES string of the molecule is C=CC(=O)Nc1cccc(C(=O)NC[C@]2(CO)COC[C@H]3CCCN32)c1. The number of aliphatic hydroxyl groups excluding tert-OH is 1. The number of hydrogen-bond acceptors (Lipinski definition) is 5. The van der Waals surface area contributed by atoms with Gasteiger partial charge in [0.25, 0.3) is 5.91 Å². The van der Waals surface area contributed by atoms with Gasteiger partial charge in [0.05, 0.1) is 25.4 Å². The van der Waals surface area contributed by atoms with Crippen molar-refractivity contribution in [3.63, 3.8) is 0 Å². The van der Waals surface area contributed by atoms with Gasteiger partial charge < -0.3 is 20.5 Å². The highest BCUT2D eigenvalue weighted by molar-refractivity contribution is 6.00. The summed E-state index contributed by atoms with van der Waals surface area (Å²) in [5.74, 6) is -0.588. The summed E-state index contributed by atoms with van der Waals surface area (Å²) in [6.45, 7) is 5.63. The fourth-order valence-electron chi connectivity index (χ4n) is 3.72. The van der Waals surface area contributed by atoms with Crippen molar-refractivity contribution >= 4 is 17.5 Å². The third-order valence-electron chi connectivity index (χ3n) is 5.12. The zero-order valence-corrected chi connectivity index (χ0v) is 14.7. The second-order valence-electron chi connectivity index (χ2n) is 6.84. The van der Waals surface area contributed by atoms with E-state index in [9.17, 15) is 14.7 Å². The molecule has 3 N–H and O–H groups in total. The maximum absolute atomic E-state index is 12.6. The van der Waals surface area contributed by atoms with E-state index < -0.39 is 5.54 Å². The molecule has 2 fully saturated rings. The Kier molecular flexibility index (Phi) is 5.70. The number of fused-ring (bicyclic) bond motifs is 1. The van der Waals surface area contributed by atoms with Crippen molar-refractivity contribution in [2.75, 3.05) is 38.2 Å². The predicted octanol–water partition coefficient (Wildman–Crippen LogP) is 0.767. The van der Waals surface area contributed by atoms with Crippen LogP contribution in [0.5, 0.6) is 0 Å². The highest BCUT2D eigenvalue weighted by Gasteiger charge is 2.46. The van der Waals surface area contributed by atoms with Crippen LogP contribution < -0.4 is 10.6 Å². The third kappa shape index (κ3) is 3.80. The highest BCUT2D eigenvalue weighted by atomic mass is 16.5. The first-order valence-corrected chi connectivity index (χ1v) is 8.85. The van der Waals surface area contributed by atoms with Crippen molar-refractivity contribution in [2.45, 2.75) is 24.4 Å². The zero-order chi connectivity index (χ0) is 18.6. The minimum Gasteiger partial charge on any atom is -0.394 e. The number of morpholine rings is 1. The Morgan fingerprint density at radius 3 is 3.08 bits per heavy atom. The van der Waals surface area contributed by atoms with E-state index in [0.29, 0.717) is 37.1 Å². The summed E-state index contributed by atoms with van der Waals surface area (Å²) in [4.78, 5) is 26.2. The standard InChI is InChI=1S/C19H25N3O4/c1-2-17(24)21-15-6-3-5-14(9-15)18(25)20-11-19(12-23)13-26-10-16-7-4-8-22(16)19/h2-3,5-6,9,16,23H,1,4,7-8,10-13H2,(H,20,25)(H,21,24)/t16-,19+/m1/s1. The van der Waals surface area contributed by atoms with Gasteiger partial charge in [-0.05, 0) is 43.7 Å². The van der Waals surface area contributed by atoms with Crippen LogP contribution in [0.3, 0.4) is 0 Å². The van der Waals surface area contributed by atoms with Gasteiger partial charge in [-0.3, -0.25) is 14.5 Å². The molecule has 0 unspecified atom stereocenters. The molecule has 7 nitrogen and oxygen atoms in total. The molecule has 7 heteroatoms. The maximum Gasteiger partial charge on any atom is 0.251 e. The molecule has 2 saturated heterocycles. The summed E-state index contributed by atoms with van der Waals surface area (Å²) in [7, 11) is 0. The molecular formula is C19H25N3O4.